The van der Waals surface area contributed by atoms with E-state index in [0.717, 1.165) is 27.7 Å². The molecule has 0 amide bonds. The highest BCUT2D eigenvalue weighted by molar-refractivity contribution is 9.10. The van der Waals surface area contributed by atoms with Crippen LogP contribution >= 0.6 is 16.1 Å². The fraction of sp³-hybridized carbons (Fsp3) is 0.100. The molecule has 0 aliphatic heterocycles. The number of aromatic nitrogens is 4. The van der Waals surface area contributed by atoms with Crippen molar-refractivity contribution in [2.24, 2.45) is 0 Å². The largest absolute Gasteiger partial charge is 0.464 e. The number of nitrogens with zero attached hydrogens (tertiary/aromatic N) is 5. The number of hydrogen-bond acceptors (Lipinski definition) is 7. The zero-order chi connectivity index (χ0) is 19.5. The van der Waals surface area contributed by atoms with Crippen LogP contribution < -0.4 is 14.4 Å². The molecular weight excluding hydrogens is 420 g/mol. The van der Waals surface area contributed by atoms with E-state index in [-0.39, 0.29) is 5.95 Å². The first-order valence-corrected chi connectivity index (χ1v) is 9.40. The van der Waals surface area contributed by atoms with Crippen LogP contribution in [0.15, 0.2) is 60.9 Å². The molecule has 0 saturated heterocycles. The van der Waals surface area contributed by atoms with Gasteiger partial charge in [0.15, 0.2) is 5.82 Å². The van der Waals surface area contributed by atoms with Crippen molar-refractivity contribution in [3.05, 3.63) is 60.9 Å². The topological polar surface area (TPSA) is 90.0 Å². The van der Waals surface area contributed by atoms with E-state index in [1.54, 1.807) is 12.4 Å². The van der Waals surface area contributed by atoms with Gasteiger partial charge in [-0.3, -0.25) is 3.93 Å². The summed E-state index contributed by atoms with van der Waals surface area (Å²) < 4.78 is 7.12. The van der Waals surface area contributed by atoms with E-state index in [4.69, 9.17) is 10.5 Å². The van der Waals surface area contributed by atoms with Gasteiger partial charge >= 0.3 is 6.01 Å². The molecule has 140 valence electrons. The van der Waals surface area contributed by atoms with Gasteiger partial charge in [-0.1, -0.05) is 24.3 Å². The molecule has 0 atom stereocenters. The van der Waals surface area contributed by atoms with Crippen LogP contribution in [0, 0.1) is 0 Å². The van der Waals surface area contributed by atoms with E-state index in [1.807, 2.05) is 59.4 Å². The molecule has 0 fully saturated rings. The standard InChI is InChI=1S/C20H17BrN6O/c1-2-28-20-23-11-14(12-24-20)13-8-9-17-16(10-13)18(26-19(22)25-17)27(21)15-6-4-3-5-7-15/h3-12H,2H2,1H3,(H2,22,25,26). The first kappa shape index (κ1) is 18.1. The molecule has 0 radical (unpaired) electrons. The Balaban J connectivity index is 1.81. The van der Waals surface area contributed by atoms with E-state index < -0.39 is 0 Å². The normalized spacial score (nSPS) is 10.8. The van der Waals surface area contributed by atoms with Gasteiger partial charge in [-0.25, -0.2) is 15.0 Å². The Kier molecular flexibility index (Phi) is 5.03. The molecule has 8 heteroatoms. The first-order valence-electron chi connectivity index (χ1n) is 8.69. The summed E-state index contributed by atoms with van der Waals surface area (Å²) in [5.41, 5.74) is 9.42. The van der Waals surface area contributed by atoms with Crippen LogP contribution in [0.25, 0.3) is 22.0 Å². The van der Waals surface area contributed by atoms with Gasteiger partial charge in [0.1, 0.15) is 0 Å². The Labute approximate surface area is 170 Å². The highest BCUT2D eigenvalue weighted by Crippen LogP contribution is 2.35. The fourth-order valence-electron chi connectivity index (χ4n) is 2.81. The summed E-state index contributed by atoms with van der Waals surface area (Å²) in [4.78, 5) is 17.3. The van der Waals surface area contributed by atoms with Crippen LogP contribution in [0.5, 0.6) is 6.01 Å². The number of benzene rings is 2. The van der Waals surface area contributed by atoms with Gasteiger partial charge < -0.3 is 10.5 Å². The summed E-state index contributed by atoms with van der Waals surface area (Å²) in [6, 6.07) is 16.1. The quantitative estimate of drug-likeness (QED) is 0.460. The third-order valence-corrected chi connectivity index (χ3v) is 4.84. The highest BCUT2D eigenvalue weighted by Gasteiger charge is 2.15. The molecule has 2 aromatic carbocycles. The maximum absolute atomic E-state index is 5.93. The molecule has 0 aliphatic carbocycles. The highest BCUT2D eigenvalue weighted by atomic mass is 79.9. The minimum absolute atomic E-state index is 0.208. The summed E-state index contributed by atoms with van der Waals surface area (Å²) in [6.07, 6.45) is 3.47. The summed E-state index contributed by atoms with van der Waals surface area (Å²) in [5, 5.41) is 0.848. The summed E-state index contributed by atoms with van der Waals surface area (Å²) in [5.74, 6) is 0.863. The van der Waals surface area contributed by atoms with Crippen molar-refractivity contribution in [3.63, 3.8) is 0 Å². The number of halogens is 1. The lowest BCUT2D eigenvalue weighted by atomic mass is 10.1. The maximum atomic E-state index is 5.93. The van der Waals surface area contributed by atoms with E-state index in [1.165, 1.54) is 0 Å². The minimum Gasteiger partial charge on any atom is -0.464 e. The third-order valence-electron chi connectivity index (χ3n) is 4.10. The van der Waals surface area contributed by atoms with Crippen LogP contribution in [0.4, 0.5) is 17.5 Å². The number of nitrogen functional groups attached to an aromatic ring is 1. The molecule has 0 unspecified atom stereocenters. The van der Waals surface area contributed by atoms with Gasteiger partial charge in [0, 0.05) is 23.3 Å². The number of nitrogens with two attached hydrogens (primary N) is 1. The van der Waals surface area contributed by atoms with Gasteiger partial charge in [-0.05, 0) is 36.8 Å². The van der Waals surface area contributed by atoms with E-state index in [0.29, 0.717) is 18.4 Å². The first-order chi connectivity index (χ1) is 13.7. The smallest absolute Gasteiger partial charge is 0.316 e. The predicted octanol–water partition coefficient (Wildman–Crippen LogP) is 4.52. The number of rotatable bonds is 5. The number of fused-ring (bicyclic) bond motifs is 1. The number of anilines is 3. The Hall–Kier alpha value is -3.26. The van der Waals surface area contributed by atoms with Crippen molar-refractivity contribution in [1.29, 1.82) is 0 Å². The molecular formula is C20H17BrN6O. The van der Waals surface area contributed by atoms with Crippen LogP contribution in [-0.2, 0) is 0 Å². The van der Waals surface area contributed by atoms with E-state index in [9.17, 15) is 0 Å². The molecule has 0 spiro atoms. The second kappa shape index (κ2) is 7.77. The van der Waals surface area contributed by atoms with Crippen molar-refractivity contribution in [2.75, 3.05) is 16.3 Å². The average molecular weight is 437 g/mol. The average Bonchev–Trinajstić information content (AvgIpc) is 2.74. The Morgan fingerprint density at radius 1 is 1.00 bits per heavy atom. The van der Waals surface area contributed by atoms with Crippen LogP contribution in [-0.4, -0.2) is 26.5 Å². The van der Waals surface area contributed by atoms with Crippen LogP contribution in [0.3, 0.4) is 0 Å². The van der Waals surface area contributed by atoms with Crippen molar-refractivity contribution < 1.29 is 4.74 Å². The summed E-state index contributed by atoms with van der Waals surface area (Å²) >= 11 is 3.60. The predicted molar refractivity (Wildman–Crippen MR) is 114 cm³/mol. The Morgan fingerprint density at radius 2 is 1.75 bits per heavy atom. The minimum atomic E-state index is 0.208. The van der Waals surface area contributed by atoms with Gasteiger partial charge in [0.25, 0.3) is 0 Å². The monoisotopic (exact) mass is 436 g/mol. The molecule has 2 N–H and O–H groups in total. The molecule has 0 bridgehead atoms. The number of hydrogen-bond donors (Lipinski definition) is 1. The lowest BCUT2D eigenvalue weighted by Gasteiger charge is -2.18. The molecule has 28 heavy (non-hydrogen) atoms. The lowest BCUT2D eigenvalue weighted by molar-refractivity contribution is 0.312. The zero-order valence-corrected chi connectivity index (χ0v) is 16.7. The zero-order valence-electron chi connectivity index (χ0n) is 15.1. The molecule has 2 aromatic heterocycles. The second-order valence-corrected chi connectivity index (χ2v) is 6.65. The van der Waals surface area contributed by atoms with Gasteiger partial charge in [0.2, 0.25) is 5.95 Å². The maximum Gasteiger partial charge on any atom is 0.316 e. The van der Waals surface area contributed by atoms with Crippen molar-refractivity contribution in [2.45, 2.75) is 6.92 Å². The van der Waals surface area contributed by atoms with Crippen molar-refractivity contribution in [1.82, 2.24) is 19.9 Å². The second-order valence-electron chi connectivity index (χ2n) is 5.94. The van der Waals surface area contributed by atoms with Crippen molar-refractivity contribution in [3.8, 4) is 17.1 Å². The Bertz CT molecular complexity index is 1100. The SMILES string of the molecule is CCOc1ncc(-c2ccc3nc(N)nc(N(Br)c4ccccc4)c3c2)cn1. The molecule has 2 heterocycles. The van der Waals surface area contributed by atoms with Gasteiger partial charge in [0.05, 0.1) is 34.0 Å². The van der Waals surface area contributed by atoms with Crippen LogP contribution in [0.1, 0.15) is 6.92 Å². The fourth-order valence-corrected chi connectivity index (χ4v) is 3.32. The van der Waals surface area contributed by atoms with Gasteiger partial charge in [-0.2, -0.15) is 4.98 Å². The molecule has 4 aromatic rings. The molecule has 4 rings (SSSR count). The summed E-state index contributed by atoms with van der Waals surface area (Å²) in [7, 11) is 0. The molecule has 0 saturated carbocycles. The van der Waals surface area contributed by atoms with Gasteiger partial charge in [-0.15, -0.1) is 0 Å². The third kappa shape index (κ3) is 3.59. The Morgan fingerprint density at radius 3 is 2.46 bits per heavy atom. The number of para-hydroxylation sites is 1. The molecule has 7 nitrogen and oxygen atoms in total. The molecule has 0 aliphatic rings. The van der Waals surface area contributed by atoms with E-state index >= 15 is 0 Å². The van der Waals surface area contributed by atoms with E-state index in [2.05, 4.69) is 36.1 Å². The summed E-state index contributed by atoms with van der Waals surface area (Å²) in [6.45, 7) is 2.42. The van der Waals surface area contributed by atoms with Crippen LogP contribution in [0.2, 0.25) is 0 Å². The lowest BCUT2D eigenvalue weighted by Crippen LogP contribution is -2.07. The van der Waals surface area contributed by atoms with Crippen molar-refractivity contribution >= 4 is 44.5 Å². The number of ether oxygens (including phenoxy) is 1.